The molecule has 0 saturated carbocycles. The van der Waals surface area contributed by atoms with Crippen molar-refractivity contribution >= 4 is 32.4 Å². The SMILES string of the molecule is c1ccc(C2=C(c3ccccc3)SSN2)cc1. The topological polar surface area (TPSA) is 12.0 Å². The lowest BCUT2D eigenvalue weighted by Crippen LogP contribution is -1.97. The Bertz CT molecular complexity index is 485. The van der Waals surface area contributed by atoms with Crippen molar-refractivity contribution in [3.05, 3.63) is 71.8 Å². The third kappa shape index (κ3) is 2.21. The second-order valence-electron chi connectivity index (χ2n) is 3.70. The molecule has 17 heavy (non-hydrogen) atoms. The molecule has 3 heteroatoms. The van der Waals surface area contributed by atoms with Gasteiger partial charge in [-0.15, -0.1) is 0 Å². The summed E-state index contributed by atoms with van der Waals surface area (Å²) in [5, 5.41) is 0. The van der Waals surface area contributed by atoms with Gasteiger partial charge < -0.3 is 4.72 Å². The summed E-state index contributed by atoms with van der Waals surface area (Å²) in [6.45, 7) is 0. The standard InChI is InChI=1S/C14H11NS2/c1-3-7-11(8-4-1)13-14(16-17-15-13)12-9-5-2-6-10-12/h1-10,15H. The van der Waals surface area contributed by atoms with Crippen molar-refractivity contribution in [3.8, 4) is 0 Å². The average molecular weight is 257 g/mol. The third-order valence-electron chi connectivity index (χ3n) is 2.59. The van der Waals surface area contributed by atoms with Gasteiger partial charge >= 0.3 is 0 Å². The summed E-state index contributed by atoms with van der Waals surface area (Å²) in [6, 6.07) is 21.0. The fourth-order valence-corrected chi connectivity index (χ4v) is 3.91. The molecule has 84 valence electrons. The highest BCUT2D eigenvalue weighted by Crippen LogP contribution is 2.46. The number of nitrogens with one attached hydrogen (secondary N) is 1. The first-order chi connectivity index (χ1) is 8.45. The molecule has 3 rings (SSSR count). The van der Waals surface area contributed by atoms with E-state index in [2.05, 4.69) is 53.3 Å². The molecule has 0 bridgehead atoms. The molecule has 2 aromatic carbocycles. The van der Waals surface area contributed by atoms with Crippen LogP contribution in [0.15, 0.2) is 60.7 Å². The molecule has 0 fully saturated rings. The van der Waals surface area contributed by atoms with E-state index in [0.29, 0.717) is 0 Å². The highest BCUT2D eigenvalue weighted by molar-refractivity contribution is 8.80. The highest BCUT2D eigenvalue weighted by atomic mass is 33.1. The molecule has 1 N–H and O–H groups in total. The lowest BCUT2D eigenvalue weighted by Gasteiger charge is -2.05. The molecule has 1 aliphatic heterocycles. The minimum absolute atomic E-state index is 1.21. The van der Waals surface area contributed by atoms with Crippen molar-refractivity contribution in [2.45, 2.75) is 0 Å². The van der Waals surface area contributed by atoms with Crippen LogP contribution in [0.1, 0.15) is 11.1 Å². The minimum Gasteiger partial charge on any atom is -0.319 e. The lowest BCUT2D eigenvalue weighted by atomic mass is 10.1. The lowest BCUT2D eigenvalue weighted by molar-refractivity contribution is 1.43. The van der Waals surface area contributed by atoms with E-state index in [1.54, 1.807) is 21.8 Å². The van der Waals surface area contributed by atoms with Crippen LogP contribution in [0, 0.1) is 0 Å². The number of rotatable bonds is 2. The molecule has 1 nitrogen and oxygen atoms in total. The Morgan fingerprint density at radius 2 is 1.29 bits per heavy atom. The maximum absolute atomic E-state index is 3.38. The number of hydrogen-bond acceptors (Lipinski definition) is 3. The van der Waals surface area contributed by atoms with E-state index in [4.69, 9.17) is 0 Å². The van der Waals surface area contributed by atoms with Gasteiger partial charge in [0.05, 0.1) is 10.6 Å². The van der Waals surface area contributed by atoms with Crippen LogP contribution in [-0.2, 0) is 0 Å². The minimum atomic E-state index is 1.21. The van der Waals surface area contributed by atoms with E-state index in [9.17, 15) is 0 Å². The number of hydrogen-bond donors (Lipinski definition) is 1. The summed E-state index contributed by atoms with van der Waals surface area (Å²) in [5.74, 6) is 0. The predicted molar refractivity (Wildman–Crippen MR) is 78.0 cm³/mol. The zero-order valence-corrected chi connectivity index (χ0v) is 10.7. The maximum atomic E-state index is 3.38. The van der Waals surface area contributed by atoms with Gasteiger partial charge in [0.2, 0.25) is 0 Å². The van der Waals surface area contributed by atoms with Crippen LogP contribution in [0.25, 0.3) is 10.6 Å². The second kappa shape index (κ2) is 4.90. The first-order valence-electron chi connectivity index (χ1n) is 5.40. The van der Waals surface area contributed by atoms with Gasteiger partial charge in [-0.3, -0.25) is 0 Å². The Balaban J connectivity index is 2.08. The van der Waals surface area contributed by atoms with Gasteiger partial charge in [-0.25, -0.2) is 0 Å². The van der Waals surface area contributed by atoms with Crippen LogP contribution in [-0.4, -0.2) is 0 Å². The second-order valence-corrected chi connectivity index (χ2v) is 5.65. The zero-order chi connectivity index (χ0) is 11.5. The molecule has 2 aromatic rings. The van der Waals surface area contributed by atoms with Crippen molar-refractivity contribution in [2.24, 2.45) is 0 Å². The van der Waals surface area contributed by atoms with Crippen molar-refractivity contribution in [1.82, 2.24) is 4.72 Å². The van der Waals surface area contributed by atoms with Crippen LogP contribution in [0.4, 0.5) is 0 Å². The summed E-state index contributed by atoms with van der Waals surface area (Å²) in [6.07, 6.45) is 0. The van der Waals surface area contributed by atoms with Crippen LogP contribution >= 0.6 is 21.8 Å². The van der Waals surface area contributed by atoms with Crippen molar-refractivity contribution < 1.29 is 0 Å². The predicted octanol–water partition coefficient (Wildman–Crippen LogP) is 4.41. The molecule has 1 aliphatic rings. The van der Waals surface area contributed by atoms with Crippen LogP contribution < -0.4 is 4.72 Å². The summed E-state index contributed by atoms with van der Waals surface area (Å²) in [4.78, 5) is 1.31. The summed E-state index contributed by atoms with van der Waals surface area (Å²) >= 11 is 0. The maximum Gasteiger partial charge on any atom is 0.0673 e. The molecular weight excluding hydrogens is 246 g/mol. The van der Waals surface area contributed by atoms with E-state index in [0.717, 1.165) is 0 Å². The van der Waals surface area contributed by atoms with Gasteiger partial charge in [0.25, 0.3) is 0 Å². The Morgan fingerprint density at radius 1 is 0.706 bits per heavy atom. The largest absolute Gasteiger partial charge is 0.319 e. The van der Waals surface area contributed by atoms with Gasteiger partial charge in [0, 0.05) is 11.0 Å². The number of benzene rings is 2. The average Bonchev–Trinajstić information content (AvgIpc) is 2.90. The molecule has 0 atom stereocenters. The van der Waals surface area contributed by atoms with Crippen molar-refractivity contribution in [2.75, 3.05) is 0 Å². The monoisotopic (exact) mass is 257 g/mol. The fourth-order valence-electron chi connectivity index (χ4n) is 1.77. The first-order valence-corrected chi connectivity index (χ1v) is 7.55. The third-order valence-corrected chi connectivity index (χ3v) is 4.57. The molecule has 0 unspecified atom stereocenters. The van der Waals surface area contributed by atoms with Gasteiger partial charge in [-0.05, 0) is 21.9 Å². The van der Waals surface area contributed by atoms with Crippen molar-refractivity contribution in [3.63, 3.8) is 0 Å². The highest BCUT2D eigenvalue weighted by Gasteiger charge is 2.18. The molecule has 0 amide bonds. The van der Waals surface area contributed by atoms with E-state index in [1.807, 2.05) is 12.1 Å². The van der Waals surface area contributed by atoms with E-state index in [-0.39, 0.29) is 0 Å². The van der Waals surface area contributed by atoms with Crippen LogP contribution in [0.5, 0.6) is 0 Å². The summed E-state index contributed by atoms with van der Waals surface area (Å²) < 4.78 is 3.38. The van der Waals surface area contributed by atoms with E-state index < -0.39 is 0 Å². The first kappa shape index (κ1) is 10.8. The molecule has 0 spiro atoms. The van der Waals surface area contributed by atoms with Crippen LogP contribution in [0.3, 0.4) is 0 Å². The fraction of sp³-hybridized carbons (Fsp3) is 0. The quantitative estimate of drug-likeness (QED) is 0.632. The van der Waals surface area contributed by atoms with Gasteiger partial charge in [-0.1, -0.05) is 60.7 Å². The van der Waals surface area contributed by atoms with Gasteiger partial charge in [0.15, 0.2) is 0 Å². The smallest absolute Gasteiger partial charge is 0.0673 e. The molecule has 0 radical (unpaired) electrons. The van der Waals surface area contributed by atoms with Crippen LogP contribution in [0.2, 0.25) is 0 Å². The Morgan fingerprint density at radius 3 is 1.94 bits per heavy atom. The molecule has 0 saturated heterocycles. The molecule has 0 aromatic heterocycles. The normalized spacial score (nSPS) is 14.8. The molecular formula is C14H11NS2. The Hall–Kier alpha value is -1.32. The van der Waals surface area contributed by atoms with E-state index >= 15 is 0 Å². The van der Waals surface area contributed by atoms with Gasteiger partial charge in [0.1, 0.15) is 0 Å². The Kier molecular flexibility index (Phi) is 3.12. The van der Waals surface area contributed by atoms with Gasteiger partial charge in [-0.2, -0.15) is 0 Å². The molecule has 1 heterocycles. The zero-order valence-electron chi connectivity index (χ0n) is 9.09. The molecule has 0 aliphatic carbocycles. The van der Waals surface area contributed by atoms with Crippen molar-refractivity contribution in [1.29, 1.82) is 0 Å². The summed E-state index contributed by atoms with van der Waals surface area (Å²) in [7, 11) is 3.46. The summed E-state index contributed by atoms with van der Waals surface area (Å²) in [5.41, 5.74) is 3.73. The Labute approximate surface area is 109 Å². The van der Waals surface area contributed by atoms with E-state index in [1.165, 1.54) is 21.7 Å².